The Labute approximate surface area is 296 Å². The first-order valence-corrected chi connectivity index (χ1v) is 20.2. The van der Waals surface area contributed by atoms with Gasteiger partial charge in [-0.3, -0.25) is 4.79 Å². The first-order chi connectivity index (χ1) is 22.4. The molecule has 1 aromatic rings. The van der Waals surface area contributed by atoms with Crippen LogP contribution >= 0.6 is 0 Å². The van der Waals surface area contributed by atoms with Crippen LogP contribution in [0.2, 0.25) is 0 Å². The van der Waals surface area contributed by atoms with E-state index >= 15 is 8.42 Å². The standard InChI is InChI=1S/C41H63NO6S/c1-34(2,3)42(49(46,47)27-15-13-12-14-16-27)41-24-21-38(9)31(39(41,10)26-30(48-11)32(43)36(41,6)7)18-17-28-29-25-35(4,5)19-22-40(29,33(44)45)23-20-37(28,38)8/h12-16,25,28,30-32,43H,17-24,26H2,1-11H3,(H,44,45)/t28-,30-,31+,32+,37-,38-,39-,40+,41-/m1/s1. The van der Waals surface area contributed by atoms with Gasteiger partial charge < -0.3 is 14.9 Å². The summed E-state index contributed by atoms with van der Waals surface area (Å²) in [5, 5.41) is 23.0. The molecule has 5 aliphatic rings. The van der Waals surface area contributed by atoms with Gasteiger partial charge in [0.05, 0.1) is 28.1 Å². The Balaban J connectivity index is 1.58. The van der Waals surface area contributed by atoms with Crippen LogP contribution in [0.5, 0.6) is 0 Å². The lowest BCUT2D eigenvalue weighted by Crippen LogP contribution is -2.82. The molecule has 0 saturated heterocycles. The number of carboxylic acids is 1. The number of ether oxygens (including phenoxy) is 1. The summed E-state index contributed by atoms with van der Waals surface area (Å²) in [6.07, 6.45) is 7.74. The number of hydrogen-bond donors (Lipinski definition) is 2. The van der Waals surface area contributed by atoms with Gasteiger partial charge in [0.15, 0.2) is 0 Å². The minimum absolute atomic E-state index is 0.0494. The molecule has 0 spiro atoms. The van der Waals surface area contributed by atoms with Gasteiger partial charge in [-0.25, -0.2) is 8.42 Å². The number of methoxy groups -OCH3 is 1. The van der Waals surface area contributed by atoms with E-state index in [2.05, 4.69) is 54.5 Å². The quantitative estimate of drug-likeness (QED) is 0.299. The molecule has 2 N–H and O–H groups in total. The molecule has 5 aliphatic carbocycles. The molecule has 0 radical (unpaired) electrons. The largest absolute Gasteiger partial charge is 0.481 e. The summed E-state index contributed by atoms with van der Waals surface area (Å²) in [5.41, 5.74) is -3.24. The molecule has 8 heteroatoms. The number of sulfonamides is 1. The Morgan fingerprint density at radius 1 is 0.857 bits per heavy atom. The number of fused-ring (bicyclic) bond motifs is 7. The molecule has 9 atom stereocenters. The van der Waals surface area contributed by atoms with Crippen molar-refractivity contribution in [3.63, 3.8) is 0 Å². The molecule has 0 bridgehead atoms. The minimum atomic E-state index is -4.03. The number of hydrogen-bond acceptors (Lipinski definition) is 5. The predicted octanol–water partition coefficient (Wildman–Crippen LogP) is 8.47. The molecular weight excluding hydrogens is 635 g/mol. The molecule has 49 heavy (non-hydrogen) atoms. The minimum Gasteiger partial charge on any atom is -0.481 e. The first kappa shape index (κ1) is 37.0. The van der Waals surface area contributed by atoms with Crippen LogP contribution in [-0.4, -0.2) is 59.3 Å². The number of rotatable bonds is 5. The van der Waals surface area contributed by atoms with Crippen molar-refractivity contribution in [2.24, 2.45) is 44.3 Å². The van der Waals surface area contributed by atoms with Crippen molar-refractivity contribution in [3.05, 3.63) is 42.0 Å². The van der Waals surface area contributed by atoms with E-state index in [9.17, 15) is 15.0 Å². The Kier molecular flexibility index (Phi) is 8.41. The van der Waals surface area contributed by atoms with Crippen molar-refractivity contribution in [2.45, 2.75) is 155 Å². The highest BCUT2D eigenvalue weighted by Crippen LogP contribution is 2.78. The van der Waals surface area contributed by atoms with Gasteiger partial charge in [0.25, 0.3) is 0 Å². The van der Waals surface area contributed by atoms with Crippen LogP contribution in [0.4, 0.5) is 0 Å². The fourth-order valence-corrected chi connectivity index (χ4v) is 15.7. The van der Waals surface area contributed by atoms with Gasteiger partial charge in [-0.2, -0.15) is 4.31 Å². The second-order valence-electron chi connectivity index (χ2n) is 19.7. The maximum absolute atomic E-state index is 15.2. The van der Waals surface area contributed by atoms with E-state index in [1.807, 2.05) is 31.1 Å². The number of allylic oxidation sites excluding steroid dienone is 1. The zero-order valence-electron chi connectivity index (χ0n) is 32.0. The van der Waals surface area contributed by atoms with Crippen molar-refractivity contribution >= 4 is 16.0 Å². The number of aliphatic hydroxyl groups is 1. The molecule has 0 aliphatic heterocycles. The van der Waals surface area contributed by atoms with Crippen molar-refractivity contribution in [1.29, 1.82) is 0 Å². The number of carbonyl (C=O) groups is 1. The Hall–Kier alpha value is -1.74. The second kappa shape index (κ2) is 11.1. The summed E-state index contributed by atoms with van der Waals surface area (Å²) in [4.78, 5) is 13.4. The normalized spacial score (nSPS) is 43.0. The van der Waals surface area contributed by atoms with Gasteiger partial charge in [0.1, 0.15) is 0 Å². The number of aliphatic hydroxyl groups excluding tert-OH is 1. The van der Waals surface area contributed by atoms with Crippen LogP contribution in [-0.2, 0) is 19.6 Å². The molecule has 0 amide bonds. The zero-order chi connectivity index (χ0) is 36.4. The van der Waals surface area contributed by atoms with Crippen molar-refractivity contribution < 1.29 is 28.2 Å². The number of carboxylic acid groups (broad SMARTS) is 1. The van der Waals surface area contributed by atoms with E-state index in [4.69, 9.17) is 4.74 Å². The highest BCUT2D eigenvalue weighted by molar-refractivity contribution is 7.89. The molecule has 7 nitrogen and oxygen atoms in total. The van der Waals surface area contributed by atoms with E-state index in [0.717, 1.165) is 37.7 Å². The lowest BCUT2D eigenvalue weighted by Gasteiger charge is -2.78. The van der Waals surface area contributed by atoms with Crippen LogP contribution in [0.25, 0.3) is 0 Å². The van der Waals surface area contributed by atoms with E-state index in [1.54, 1.807) is 31.4 Å². The number of benzene rings is 1. The second-order valence-corrected chi connectivity index (χ2v) is 21.5. The smallest absolute Gasteiger partial charge is 0.313 e. The van der Waals surface area contributed by atoms with Gasteiger partial charge in [-0.1, -0.05) is 78.3 Å². The Morgan fingerprint density at radius 2 is 1.45 bits per heavy atom. The van der Waals surface area contributed by atoms with E-state index in [-0.39, 0.29) is 33.0 Å². The zero-order valence-corrected chi connectivity index (χ0v) is 32.8. The molecule has 0 aromatic heterocycles. The van der Waals surface area contributed by atoms with E-state index in [0.29, 0.717) is 25.7 Å². The molecule has 1 aromatic carbocycles. The summed E-state index contributed by atoms with van der Waals surface area (Å²) < 4.78 is 38.4. The summed E-state index contributed by atoms with van der Waals surface area (Å²) >= 11 is 0. The molecule has 6 rings (SSSR count). The van der Waals surface area contributed by atoms with Crippen LogP contribution in [0.15, 0.2) is 46.9 Å². The monoisotopic (exact) mass is 697 g/mol. The van der Waals surface area contributed by atoms with Gasteiger partial charge in [-0.15, -0.1) is 0 Å². The van der Waals surface area contributed by atoms with E-state index < -0.39 is 55.5 Å². The third kappa shape index (κ3) is 4.67. The topological polar surface area (TPSA) is 104 Å². The lowest BCUT2D eigenvalue weighted by atomic mass is 9.30. The average Bonchev–Trinajstić information content (AvgIpc) is 3.00. The Bertz CT molecular complexity index is 1630. The van der Waals surface area contributed by atoms with Crippen LogP contribution in [0.1, 0.15) is 127 Å². The van der Waals surface area contributed by atoms with Gasteiger partial charge in [0, 0.05) is 18.1 Å². The first-order valence-electron chi connectivity index (χ1n) is 18.7. The maximum Gasteiger partial charge on any atom is 0.313 e. The van der Waals surface area contributed by atoms with Crippen molar-refractivity contribution in [2.75, 3.05) is 7.11 Å². The lowest BCUT2D eigenvalue weighted by molar-refractivity contribution is -0.294. The van der Waals surface area contributed by atoms with Crippen LogP contribution in [0, 0.1) is 44.3 Å². The third-order valence-corrected chi connectivity index (χ3v) is 18.0. The summed E-state index contributed by atoms with van der Waals surface area (Å²) in [7, 11) is -2.36. The molecule has 0 heterocycles. The molecule has 4 fully saturated rings. The van der Waals surface area contributed by atoms with Gasteiger partial charge >= 0.3 is 5.97 Å². The average molecular weight is 698 g/mol. The molecular formula is C41H63NO6S. The van der Waals surface area contributed by atoms with Gasteiger partial charge in [0.2, 0.25) is 10.0 Å². The SMILES string of the molecule is CO[C@@H]1C[C@]2(C)[C@H]3CC[C@@H]4C5=CC(C)(C)CC[C@]5(C(=O)O)CC[C@@]4(C)[C@]3(C)CC[C@@]2(N(C(C)(C)C)S(=O)(=O)c2ccccc2)C(C)(C)[C@H]1O. The Morgan fingerprint density at radius 3 is 2.02 bits per heavy atom. The maximum atomic E-state index is 15.2. The summed E-state index contributed by atoms with van der Waals surface area (Å²) in [6.45, 7) is 21.9. The number of aliphatic carboxylic acids is 1. The van der Waals surface area contributed by atoms with Crippen LogP contribution in [0.3, 0.4) is 0 Å². The third-order valence-electron chi connectivity index (χ3n) is 15.8. The van der Waals surface area contributed by atoms with E-state index in [1.165, 1.54) is 0 Å². The van der Waals surface area contributed by atoms with Crippen molar-refractivity contribution in [3.8, 4) is 0 Å². The summed E-state index contributed by atoms with van der Waals surface area (Å²) in [5.74, 6) is -0.401. The highest BCUT2D eigenvalue weighted by atomic mass is 32.2. The van der Waals surface area contributed by atoms with Crippen molar-refractivity contribution in [1.82, 2.24) is 4.31 Å². The predicted molar refractivity (Wildman–Crippen MR) is 193 cm³/mol. The molecule has 0 unspecified atom stereocenters. The van der Waals surface area contributed by atoms with Crippen LogP contribution < -0.4 is 0 Å². The molecule has 4 saturated carbocycles. The molecule has 274 valence electrons. The summed E-state index contributed by atoms with van der Waals surface area (Å²) in [6, 6.07) is 8.81. The van der Waals surface area contributed by atoms with Gasteiger partial charge in [-0.05, 0) is 124 Å². The fourth-order valence-electron chi connectivity index (χ4n) is 13.3. The fraction of sp³-hybridized carbons (Fsp3) is 0.780. The highest BCUT2D eigenvalue weighted by Gasteiger charge is 2.78. The number of nitrogens with zero attached hydrogens (tertiary/aromatic N) is 1.